The number of H-pyrrole nitrogens is 1. The van der Waals surface area contributed by atoms with Gasteiger partial charge in [-0.25, -0.2) is 8.78 Å². The van der Waals surface area contributed by atoms with E-state index in [0.29, 0.717) is 17.7 Å². The summed E-state index contributed by atoms with van der Waals surface area (Å²) in [5, 5.41) is 11.6. The number of aromatic amines is 1. The van der Waals surface area contributed by atoms with Gasteiger partial charge in [-0.3, -0.25) is 9.59 Å². The summed E-state index contributed by atoms with van der Waals surface area (Å²) in [5.41, 5.74) is 8.28. The topological polar surface area (TPSA) is 117 Å². The molecular weight excluding hydrogens is 548 g/mol. The Morgan fingerprint density at radius 2 is 1.86 bits per heavy atom. The monoisotopic (exact) mass is 571 g/mol. The molecule has 35 heavy (non-hydrogen) atoms. The second-order valence-electron chi connectivity index (χ2n) is 7.73. The van der Waals surface area contributed by atoms with Gasteiger partial charge in [-0.2, -0.15) is 0 Å². The molecule has 0 aliphatic heterocycles. The molecule has 0 radical (unpaired) electrons. The Labute approximate surface area is 215 Å². The fourth-order valence-corrected chi connectivity index (χ4v) is 3.69. The van der Waals surface area contributed by atoms with Crippen LogP contribution in [-0.4, -0.2) is 28.6 Å². The fourth-order valence-electron chi connectivity index (χ4n) is 3.24. The van der Waals surface area contributed by atoms with Crippen molar-refractivity contribution in [3.63, 3.8) is 0 Å². The second kappa shape index (κ2) is 12.8. The number of halogens is 4. The van der Waals surface area contributed by atoms with Gasteiger partial charge in [-0.05, 0) is 46.1 Å². The molecule has 11 heteroatoms. The Kier molecular flexibility index (Phi) is 10.4. The molecule has 0 bridgehead atoms. The zero-order chi connectivity index (χ0) is 24.8. The van der Waals surface area contributed by atoms with Crippen LogP contribution in [0, 0.1) is 18.6 Å². The van der Waals surface area contributed by atoms with Gasteiger partial charge in [-0.1, -0.05) is 24.3 Å². The van der Waals surface area contributed by atoms with E-state index in [2.05, 4.69) is 26.2 Å². The molecule has 2 aromatic carbocycles. The van der Waals surface area contributed by atoms with E-state index in [1.165, 1.54) is 6.07 Å². The Balaban J connectivity index is 0.00000432. The predicted molar refractivity (Wildman–Crippen MR) is 134 cm³/mol. The summed E-state index contributed by atoms with van der Waals surface area (Å²) in [6.07, 6.45) is 0.407. The second-order valence-corrected chi connectivity index (χ2v) is 8.52. The number of nitrogens with two attached hydrogens (primary N) is 1. The number of benzene rings is 2. The number of aliphatic hydroxyl groups excluding tert-OH is 1. The van der Waals surface area contributed by atoms with Crippen LogP contribution in [0.1, 0.15) is 27.9 Å². The van der Waals surface area contributed by atoms with Gasteiger partial charge < -0.3 is 25.9 Å². The molecule has 0 aliphatic rings. The third-order valence-corrected chi connectivity index (χ3v) is 5.94. The third kappa shape index (κ3) is 7.35. The smallest absolute Gasteiger partial charge is 0.266 e. The molecule has 0 fully saturated rings. The van der Waals surface area contributed by atoms with Crippen LogP contribution in [0.15, 0.2) is 51.7 Å². The van der Waals surface area contributed by atoms with E-state index in [4.69, 9.17) is 15.6 Å². The van der Waals surface area contributed by atoms with Gasteiger partial charge in [0.15, 0.2) is 0 Å². The van der Waals surface area contributed by atoms with Crippen molar-refractivity contribution in [2.75, 3.05) is 6.61 Å². The summed E-state index contributed by atoms with van der Waals surface area (Å²) in [4.78, 5) is 26.7. The number of rotatable bonds is 9. The van der Waals surface area contributed by atoms with Gasteiger partial charge in [0, 0.05) is 35.9 Å². The molecule has 3 rings (SSSR count). The van der Waals surface area contributed by atoms with Crippen LogP contribution < -0.4 is 21.3 Å². The largest absolute Gasteiger partial charge is 0.487 e. The molecule has 0 saturated heterocycles. The van der Waals surface area contributed by atoms with E-state index in [-0.39, 0.29) is 46.9 Å². The minimum Gasteiger partial charge on any atom is -0.487 e. The molecule has 1 heterocycles. The number of aliphatic hydroxyl groups is 1. The fraction of sp³-hybridized carbons (Fsp3) is 0.250. The van der Waals surface area contributed by atoms with E-state index in [0.717, 1.165) is 23.3 Å². The lowest BCUT2D eigenvalue weighted by atomic mass is 10.0. The normalized spacial score (nSPS) is 11.5. The molecule has 0 saturated carbocycles. The first-order valence-electron chi connectivity index (χ1n) is 10.4. The molecular formula is C24H25BrClF2N3O4. The molecule has 5 N–H and O–H groups in total. The van der Waals surface area contributed by atoms with Crippen molar-refractivity contribution in [1.82, 2.24) is 10.3 Å². The summed E-state index contributed by atoms with van der Waals surface area (Å²) in [6.45, 7) is 1.38. The average Bonchev–Trinajstić information content (AvgIpc) is 2.82. The van der Waals surface area contributed by atoms with Gasteiger partial charge in [0.2, 0.25) is 5.91 Å². The summed E-state index contributed by atoms with van der Waals surface area (Å²) < 4.78 is 33.2. The van der Waals surface area contributed by atoms with Gasteiger partial charge in [0.25, 0.3) is 5.56 Å². The maximum atomic E-state index is 14.0. The third-order valence-electron chi connectivity index (χ3n) is 5.22. The SMILES string of the molecule is Cc1[nH]c(=O)c(Br)c(OCc2ccc(F)cc2F)c1Cc1ccc(CNC(=O)[C@H](N)CO)cc1.Cl. The molecule has 1 aromatic heterocycles. The van der Waals surface area contributed by atoms with Gasteiger partial charge in [-0.15, -0.1) is 12.4 Å². The zero-order valence-corrected chi connectivity index (χ0v) is 21.1. The molecule has 3 aromatic rings. The lowest BCUT2D eigenvalue weighted by Gasteiger charge is -2.16. The average molecular weight is 573 g/mol. The number of carbonyl (C=O) groups excluding carboxylic acids is 1. The number of pyridine rings is 1. The highest BCUT2D eigenvalue weighted by Gasteiger charge is 2.17. The maximum Gasteiger partial charge on any atom is 0.266 e. The van der Waals surface area contributed by atoms with Crippen LogP contribution in [0.4, 0.5) is 8.78 Å². The molecule has 1 atom stereocenters. The Morgan fingerprint density at radius 1 is 1.20 bits per heavy atom. The van der Waals surface area contributed by atoms with Crippen LogP contribution in [-0.2, 0) is 24.4 Å². The van der Waals surface area contributed by atoms with E-state index in [1.54, 1.807) is 6.92 Å². The maximum absolute atomic E-state index is 14.0. The van der Waals surface area contributed by atoms with E-state index in [1.807, 2.05) is 24.3 Å². The van der Waals surface area contributed by atoms with Gasteiger partial charge in [0.05, 0.1) is 6.61 Å². The summed E-state index contributed by atoms with van der Waals surface area (Å²) in [5.74, 6) is -1.59. The number of hydrogen-bond acceptors (Lipinski definition) is 5. The van der Waals surface area contributed by atoms with E-state index < -0.39 is 30.2 Å². The molecule has 188 valence electrons. The summed E-state index contributed by atoms with van der Waals surface area (Å²) in [6, 6.07) is 9.66. The van der Waals surface area contributed by atoms with Gasteiger partial charge >= 0.3 is 0 Å². The Bertz CT molecular complexity index is 1240. The van der Waals surface area contributed by atoms with Crippen LogP contribution in [0.3, 0.4) is 0 Å². The minimum atomic E-state index is -0.970. The standard InChI is InChI=1S/C24H24BrF2N3O4.ClH/c1-13-18(8-14-2-4-15(5-3-14)10-29-23(32)20(28)11-31)22(21(25)24(33)30-13)34-12-16-6-7-17(26)9-19(16)27;/h2-7,9,20,31H,8,10-12,28H2,1H3,(H,29,32)(H,30,33);1H/t20-;/m1./s1. The predicted octanol–water partition coefficient (Wildman–Crippen LogP) is 3.25. The van der Waals surface area contributed by atoms with E-state index in [9.17, 15) is 18.4 Å². The number of amides is 1. The van der Waals surface area contributed by atoms with Crippen LogP contribution in [0.25, 0.3) is 0 Å². The Hall–Kier alpha value is -2.79. The first kappa shape index (κ1) is 28.4. The minimum absolute atomic E-state index is 0. The van der Waals surface area contributed by atoms with Gasteiger partial charge in [0.1, 0.15) is 34.5 Å². The van der Waals surface area contributed by atoms with Crippen molar-refractivity contribution in [2.45, 2.75) is 32.5 Å². The number of carbonyl (C=O) groups is 1. The zero-order valence-electron chi connectivity index (χ0n) is 18.7. The quantitative estimate of drug-likeness (QED) is 0.314. The first-order valence-corrected chi connectivity index (χ1v) is 11.2. The first-order chi connectivity index (χ1) is 16.2. The van der Waals surface area contributed by atoms with Crippen molar-refractivity contribution < 1.29 is 23.4 Å². The molecule has 0 aliphatic carbocycles. The highest BCUT2D eigenvalue weighted by atomic mass is 79.9. The van der Waals surface area contributed by atoms with Crippen LogP contribution in [0.5, 0.6) is 5.75 Å². The lowest BCUT2D eigenvalue weighted by molar-refractivity contribution is -0.123. The summed E-state index contributed by atoms with van der Waals surface area (Å²) in [7, 11) is 0. The van der Waals surface area contributed by atoms with Crippen LogP contribution >= 0.6 is 28.3 Å². The lowest BCUT2D eigenvalue weighted by Crippen LogP contribution is -2.42. The van der Waals surface area contributed by atoms with Crippen LogP contribution in [0.2, 0.25) is 0 Å². The van der Waals surface area contributed by atoms with Crippen molar-refractivity contribution >= 4 is 34.2 Å². The highest BCUT2D eigenvalue weighted by molar-refractivity contribution is 9.10. The number of nitrogens with one attached hydrogen (secondary N) is 2. The number of hydrogen-bond donors (Lipinski definition) is 4. The number of aryl methyl sites for hydroxylation is 1. The molecule has 1 amide bonds. The van der Waals surface area contributed by atoms with Crippen molar-refractivity contribution in [2.24, 2.45) is 5.73 Å². The summed E-state index contributed by atoms with van der Waals surface area (Å²) >= 11 is 3.25. The molecule has 0 spiro atoms. The highest BCUT2D eigenvalue weighted by Crippen LogP contribution is 2.31. The number of ether oxygens (including phenoxy) is 1. The van der Waals surface area contributed by atoms with E-state index >= 15 is 0 Å². The number of aromatic nitrogens is 1. The van der Waals surface area contributed by atoms with Crippen molar-refractivity contribution in [1.29, 1.82) is 0 Å². The van der Waals surface area contributed by atoms with Crippen molar-refractivity contribution in [3.05, 3.63) is 96.9 Å². The molecule has 0 unspecified atom stereocenters. The molecule has 7 nitrogen and oxygen atoms in total. The van der Waals surface area contributed by atoms with Crippen molar-refractivity contribution in [3.8, 4) is 5.75 Å². The Morgan fingerprint density at radius 3 is 2.49 bits per heavy atom.